The minimum Gasteiger partial charge on any atom is -0.299 e. The van der Waals surface area contributed by atoms with Crippen molar-refractivity contribution in [3.8, 4) is 6.07 Å². The molecule has 2 aliphatic heterocycles. The van der Waals surface area contributed by atoms with E-state index in [4.69, 9.17) is 0 Å². The lowest BCUT2D eigenvalue weighted by molar-refractivity contribution is -0.150. The lowest BCUT2D eigenvalue weighted by Gasteiger charge is -2.49. The molecule has 0 aliphatic carbocycles. The summed E-state index contributed by atoms with van der Waals surface area (Å²) < 4.78 is 0. The minimum absolute atomic E-state index is 0.238. The van der Waals surface area contributed by atoms with Crippen LogP contribution in [0.1, 0.15) is 25.3 Å². The van der Waals surface area contributed by atoms with Crippen molar-refractivity contribution in [1.29, 1.82) is 5.26 Å². The number of likely N-dealkylation sites (tertiary alicyclic amines) is 1. The monoisotopic (exact) mass is 311 g/mol. The Bertz CT molecular complexity index is 642. The van der Waals surface area contributed by atoms with Crippen LogP contribution in [0.5, 0.6) is 0 Å². The molecular weight excluding hydrogens is 290 g/mol. The number of piperidine rings is 2. The molecule has 1 N–H and O–H groups in total. The van der Waals surface area contributed by atoms with Gasteiger partial charge in [-0.3, -0.25) is 19.8 Å². The Labute approximate surface area is 136 Å². The highest BCUT2D eigenvalue weighted by atomic mass is 16.2. The van der Waals surface area contributed by atoms with E-state index in [-0.39, 0.29) is 11.8 Å². The molecule has 2 heterocycles. The molecule has 120 valence electrons. The van der Waals surface area contributed by atoms with Gasteiger partial charge in [-0.15, -0.1) is 0 Å². The molecule has 3 rings (SSSR count). The lowest BCUT2D eigenvalue weighted by Crippen LogP contribution is -2.60. The fraction of sp³-hybridized carbons (Fsp3) is 0.500. The number of nitrogens with one attached hydrogen (secondary N) is 1. The number of carbonyl (C=O) groups excluding carboxylic acids is 2. The Kier molecular flexibility index (Phi) is 4.18. The largest absolute Gasteiger partial charge is 0.299 e. The summed E-state index contributed by atoms with van der Waals surface area (Å²) in [5.74, 6) is -1.69. The summed E-state index contributed by atoms with van der Waals surface area (Å²) in [6.07, 6.45) is 1.41. The van der Waals surface area contributed by atoms with E-state index in [1.54, 1.807) is 0 Å². The number of nitriles is 1. The molecule has 2 saturated heterocycles. The maximum atomic E-state index is 12.1. The summed E-state index contributed by atoms with van der Waals surface area (Å²) in [7, 11) is 0. The molecule has 2 amide bonds. The normalized spacial score (nSPS) is 27.5. The zero-order valence-electron chi connectivity index (χ0n) is 13.3. The molecule has 0 bridgehead atoms. The molecule has 2 unspecified atom stereocenters. The van der Waals surface area contributed by atoms with Gasteiger partial charge in [0, 0.05) is 17.9 Å². The van der Waals surface area contributed by atoms with Crippen LogP contribution < -0.4 is 5.32 Å². The molecule has 2 atom stereocenters. The van der Waals surface area contributed by atoms with E-state index < -0.39 is 17.2 Å². The molecule has 2 fully saturated rings. The van der Waals surface area contributed by atoms with Crippen LogP contribution in [0.3, 0.4) is 0 Å². The summed E-state index contributed by atoms with van der Waals surface area (Å²) in [6.45, 7) is 4.32. The van der Waals surface area contributed by atoms with Crippen molar-refractivity contribution >= 4 is 11.8 Å². The van der Waals surface area contributed by atoms with E-state index >= 15 is 0 Å². The number of amides is 2. The van der Waals surface area contributed by atoms with Gasteiger partial charge in [-0.1, -0.05) is 37.3 Å². The van der Waals surface area contributed by atoms with Gasteiger partial charge in [-0.25, -0.2) is 0 Å². The molecule has 0 radical (unpaired) electrons. The second-order valence-corrected chi connectivity index (χ2v) is 6.63. The summed E-state index contributed by atoms with van der Waals surface area (Å²) in [5.41, 5.74) is 0.743. The number of benzene rings is 1. The van der Waals surface area contributed by atoms with Crippen LogP contribution in [0.2, 0.25) is 0 Å². The number of hydrogen-bond donors (Lipinski definition) is 1. The highest BCUT2D eigenvalue weighted by molar-refractivity contribution is 6.01. The van der Waals surface area contributed by atoms with Crippen molar-refractivity contribution in [2.24, 2.45) is 17.3 Å². The van der Waals surface area contributed by atoms with E-state index in [2.05, 4.69) is 28.4 Å². The van der Waals surface area contributed by atoms with Crippen LogP contribution in [0.15, 0.2) is 30.3 Å². The second-order valence-electron chi connectivity index (χ2n) is 6.63. The predicted molar refractivity (Wildman–Crippen MR) is 84.8 cm³/mol. The molecule has 23 heavy (non-hydrogen) atoms. The molecule has 0 aromatic heterocycles. The summed E-state index contributed by atoms with van der Waals surface area (Å²) in [4.78, 5) is 26.4. The maximum Gasteiger partial charge on any atom is 0.244 e. The van der Waals surface area contributed by atoms with Crippen molar-refractivity contribution in [3.63, 3.8) is 0 Å². The smallest absolute Gasteiger partial charge is 0.244 e. The standard InChI is InChI=1S/C18H21N3O2/c1-13-16(22)20-17(23)15(11-19)18(13)7-9-21(10-8-18)12-14-5-3-2-4-6-14/h2-6,13,15H,7-10,12H2,1H3,(H,20,22,23). The number of rotatable bonds is 2. The molecule has 5 heteroatoms. The van der Waals surface area contributed by atoms with E-state index in [1.165, 1.54) is 5.56 Å². The first kappa shape index (κ1) is 15.7. The fourth-order valence-corrected chi connectivity index (χ4v) is 3.95. The number of carbonyl (C=O) groups is 2. The van der Waals surface area contributed by atoms with Gasteiger partial charge in [0.2, 0.25) is 11.8 Å². The van der Waals surface area contributed by atoms with Crippen molar-refractivity contribution in [3.05, 3.63) is 35.9 Å². The zero-order chi connectivity index (χ0) is 16.4. The Balaban J connectivity index is 1.74. The van der Waals surface area contributed by atoms with Crippen LogP contribution in [-0.4, -0.2) is 29.8 Å². The highest BCUT2D eigenvalue weighted by Crippen LogP contribution is 2.47. The van der Waals surface area contributed by atoms with E-state index in [9.17, 15) is 14.9 Å². The maximum absolute atomic E-state index is 12.1. The van der Waals surface area contributed by atoms with Crippen molar-refractivity contribution < 1.29 is 9.59 Å². The average molecular weight is 311 g/mol. The Morgan fingerprint density at radius 2 is 1.87 bits per heavy atom. The fourth-order valence-electron chi connectivity index (χ4n) is 3.95. The van der Waals surface area contributed by atoms with Crippen LogP contribution in [0.4, 0.5) is 0 Å². The molecular formula is C18H21N3O2. The second kappa shape index (κ2) is 6.13. The Morgan fingerprint density at radius 3 is 2.48 bits per heavy atom. The van der Waals surface area contributed by atoms with Crippen molar-refractivity contribution in [1.82, 2.24) is 10.2 Å². The van der Waals surface area contributed by atoms with Gasteiger partial charge in [0.15, 0.2) is 0 Å². The molecule has 1 aromatic carbocycles. The molecule has 5 nitrogen and oxygen atoms in total. The van der Waals surface area contributed by atoms with Gasteiger partial charge >= 0.3 is 0 Å². The first-order valence-electron chi connectivity index (χ1n) is 8.07. The van der Waals surface area contributed by atoms with Crippen LogP contribution in [0.25, 0.3) is 0 Å². The van der Waals surface area contributed by atoms with Crippen LogP contribution in [-0.2, 0) is 16.1 Å². The third kappa shape index (κ3) is 2.75. The number of nitrogens with zero attached hydrogens (tertiary/aromatic N) is 2. The third-order valence-electron chi connectivity index (χ3n) is 5.50. The Hall–Kier alpha value is -2.19. The van der Waals surface area contributed by atoms with Crippen LogP contribution >= 0.6 is 0 Å². The van der Waals surface area contributed by atoms with Gasteiger partial charge in [0.05, 0.1) is 6.07 Å². The van der Waals surface area contributed by atoms with E-state index in [0.29, 0.717) is 12.8 Å². The SMILES string of the molecule is CC1C(=O)NC(=O)C(C#N)C12CCN(Cc1ccccc1)CC2. The topological polar surface area (TPSA) is 73.2 Å². The predicted octanol–water partition coefficient (Wildman–Crippen LogP) is 1.70. The molecule has 1 aromatic rings. The highest BCUT2D eigenvalue weighted by Gasteiger charge is 2.54. The van der Waals surface area contributed by atoms with Gasteiger partial charge in [0.25, 0.3) is 0 Å². The zero-order valence-corrected chi connectivity index (χ0v) is 13.3. The Morgan fingerprint density at radius 1 is 1.22 bits per heavy atom. The van der Waals surface area contributed by atoms with Crippen molar-refractivity contribution in [2.75, 3.05) is 13.1 Å². The average Bonchev–Trinajstić information content (AvgIpc) is 2.56. The van der Waals surface area contributed by atoms with Gasteiger partial charge in [-0.05, 0) is 31.5 Å². The van der Waals surface area contributed by atoms with Crippen LogP contribution in [0, 0.1) is 28.6 Å². The van der Waals surface area contributed by atoms with E-state index in [1.807, 2.05) is 25.1 Å². The van der Waals surface area contributed by atoms with Gasteiger partial charge in [-0.2, -0.15) is 5.26 Å². The molecule has 0 saturated carbocycles. The van der Waals surface area contributed by atoms with Gasteiger partial charge < -0.3 is 0 Å². The molecule has 1 spiro atoms. The summed E-state index contributed by atoms with van der Waals surface area (Å²) >= 11 is 0. The van der Waals surface area contributed by atoms with E-state index in [0.717, 1.165) is 19.6 Å². The quantitative estimate of drug-likeness (QED) is 0.844. The first-order chi connectivity index (χ1) is 11.1. The minimum atomic E-state index is -0.728. The summed E-state index contributed by atoms with van der Waals surface area (Å²) in [6, 6.07) is 12.4. The number of hydrogen-bond acceptors (Lipinski definition) is 4. The first-order valence-corrected chi connectivity index (χ1v) is 8.07. The molecule has 2 aliphatic rings. The third-order valence-corrected chi connectivity index (χ3v) is 5.50. The lowest BCUT2D eigenvalue weighted by atomic mass is 9.59. The van der Waals surface area contributed by atoms with Crippen molar-refractivity contribution in [2.45, 2.75) is 26.3 Å². The number of imide groups is 1. The van der Waals surface area contributed by atoms with Gasteiger partial charge in [0.1, 0.15) is 5.92 Å². The summed E-state index contributed by atoms with van der Waals surface area (Å²) in [5, 5.41) is 11.8.